The molecule has 0 radical (unpaired) electrons. The molecule has 5 heteroatoms. The summed E-state index contributed by atoms with van der Waals surface area (Å²) in [5, 5.41) is 0. The van der Waals surface area contributed by atoms with Crippen molar-refractivity contribution >= 4 is 11.8 Å². The number of halogens is 1. The number of allylic oxidation sites excluding steroid dienone is 4. The van der Waals surface area contributed by atoms with Gasteiger partial charge >= 0.3 is 0 Å². The maximum Gasteiger partial charge on any atom is 0.242 e. The van der Waals surface area contributed by atoms with E-state index >= 15 is 0 Å². The van der Waals surface area contributed by atoms with Gasteiger partial charge in [0.2, 0.25) is 11.8 Å². The molecule has 0 aromatic heterocycles. The Morgan fingerprint density at radius 1 is 1.44 bits per heavy atom. The Bertz CT molecular complexity index is 448. The van der Waals surface area contributed by atoms with Gasteiger partial charge in [0.05, 0.1) is 5.70 Å². The molecule has 18 heavy (non-hydrogen) atoms. The van der Waals surface area contributed by atoms with Gasteiger partial charge < -0.3 is 10.6 Å². The second-order valence-electron chi connectivity index (χ2n) is 4.23. The first-order valence-corrected chi connectivity index (χ1v) is 5.63. The van der Waals surface area contributed by atoms with Crippen molar-refractivity contribution in [2.75, 3.05) is 7.05 Å². The summed E-state index contributed by atoms with van der Waals surface area (Å²) in [5.74, 6) is -1.68. The van der Waals surface area contributed by atoms with Crippen LogP contribution in [0.25, 0.3) is 0 Å². The van der Waals surface area contributed by atoms with E-state index in [0.717, 1.165) is 4.90 Å². The zero-order valence-electron chi connectivity index (χ0n) is 10.6. The first-order chi connectivity index (χ1) is 8.40. The summed E-state index contributed by atoms with van der Waals surface area (Å²) < 4.78 is 13.6. The van der Waals surface area contributed by atoms with Crippen molar-refractivity contribution in [3.05, 3.63) is 36.3 Å². The Kier molecular flexibility index (Phi) is 4.06. The minimum Gasteiger partial charge on any atom is -0.369 e. The summed E-state index contributed by atoms with van der Waals surface area (Å²) >= 11 is 0. The van der Waals surface area contributed by atoms with E-state index in [0.29, 0.717) is 12.8 Å². The van der Waals surface area contributed by atoms with Crippen molar-refractivity contribution in [1.29, 1.82) is 0 Å². The molecular formula is C13H17FN2O2. The Balaban J connectivity index is 3.02. The van der Waals surface area contributed by atoms with Gasteiger partial charge in [-0.1, -0.05) is 12.7 Å². The van der Waals surface area contributed by atoms with Gasteiger partial charge in [0.15, 0.2) is 0 Å². The molecule has 1 aliphatic rings. The first-order valence-electron chi connectivity index (χ1n) is 5.63. The SMILES string of the molecule is C=C/C=C(\C(F)=C/C)N(C)C(=O)C1(C(N)=O)CC1. The quantitative estimate of drug-likeness (QED) is 0.597. The standard InChI is InChI=1S/C13H17FN2O2/c1-4-6-10(9(14)5-2)16(3)12(18)13(7-8-13)11(15)17/h4-6H,1,7-8H2,2-3H3,(H2,15,17)/b9-5+,10-6+. The minimum atomic E-state index is -1.15. The molecule has 0 aromatic rings. The highest BCUT2D eigenvalue weighted by molar-refractivity contribution is 6.07. The maximum atomic E-state index is 13.6. The number of primary amides is 1. The van der Waals surface area contributed by atoms with Crippen molar-refractivity contribution in [3.8, 4) is 0 Å². The van der Waals surface area contributed by atoms with E-state index in [1.54, 1.807) is 0 Å². The van der Waals surface area contributed by atoms with Gasteiger partial charge in [0, 0.05) is 7.05 Å². The van der Waals surface area contributed by atoms with Crippen molar-refractivity contribution in [3.63, 3.8) is 0 Å². The first kappa shape index (κ1) is 14.2. The van der Waals surface area contributed by atoms with Gasteiger partial charge in [-0.15, -0.1) is 0 Å². The third-order valence-corrected chi connectivity index (χ3v) is 3.07. The number of likely N-dealkylation sites (N-methyl/N-ethyl adjacent to an activating group) is 1. The van der Waals surface area contributed by atoms with Crippen LogP contribution in [0.2, 0.25) is 0 Å². The lowest BCUT2D eigenvalue weighted by Gasteiger charge is -2.23. The zero-order valence-corrected chi connectivity index (χ0v) is 10.6. The van der Waals surface area contributed by atoms with Crippen molar-refractivity contribution in [2.45, 2.75) is 19.8 Å². The summed E-state index contributed by atoms with van der Waals surface area (Å²) in [5.41, 5.74) is 4.14. The number of nitrogens with zero attached hydrogens (tertiary/aromatic N) is 1. The van der Waals surface area contributed by atoms with Gasteiger partial charge in [0.25, 0.3) is 0 Å². The predicted molar refractivity (Wildman–Crippen MR) is 66.8 cm³/mol. The van der Waals surface area contributed by atoms with E-state index in [1.165, 1.54) is 32.2 Å². The van der Waals surface area contributed by atoms with E-state index < -0.39 is 23.1 Å². The number of hydrogen-bond donors (Lipinski definition) is 1. The van der Waals surface area contributed by atoms with Gasteiger partial charge in [-0.2, -0.15) is 0 Å². The number of nitrogens with two attached hydrogens (primary N) is 1. The van der Waals surface area contributed by atoms with E-state index in [-0.39, 0.29) is 5.70 Å². The number of carbonyl (C=O) groups excluding carboxylic acids is 2. The molecular weight excluding hydrogens is 235 g/mol. The number of amides is 2. The highest BCUT2D eigenvalue weighted by Gasteiger charge is 2.57. The third-order valence-electron chi connectivity index (χ3n) is 3.07. The summed E-state index contributed by atoms with van der Waals surface area (Å²) in [6.07, 6.45) is 4.84. The maximum absolute atomic E-state index is 13.6. The molecule has 0 unspecified atom stereocenters. The minimum absolute atomic E-state index is 0.0741. The third kappa shape index (κ3) is 2.34. The fourth-order valence-corrected chi connectivity index (χ4v) is 1.73. The summed E-state index contributed by atoms with van der Waals surface area (Å²) in [6, 6.07) is 0. The fourth-order valence-electron chi connectivity index (χ4n) is 1.73. The lowest BCUT2D eigenvalue weighted by Crippen LogP contribution is -2.41. The molecule has 0 heterocycles. The summed E-state index contributed by atoms with van der Waals surface area (Å²) in [4.78, 5) is 24.6. The van der Waals surface area contributed by atoms with Crippen LogP contribution in [0.15, 0.2) is 36.3 Å². The van der Waals surface area contributed by atoms with E-state index in [2.05, 4.69) is 6.58 Å². The normalized spacial score (nSPS) is 18.2. The van der Waals surface area contributed by atoms with Crippen LogP contribution < -0.4 is 5.73 Å². The van der Waals surface area contributed by atoms with Gasteiger partial charge in [-0.3, -0.25) is 9.59 Å². The van der Waals surface area contributed by atoms with Crippen LogP contribution in [0, 0.1) is 5.41 Å². The molecule has 2 N–H and O–H groups in total. The molecule has 0 atom stereocenters. The lowest BCUT2D eigenvalue weighted by molar-refractivity contribution is -0.140. The molecule has 2 amide bonds. The van der Waals surface area contributed by atoms with Crippen molar-refractivity contribution < 1.29 is 14.0 Å². The Morgan fingerprint density at radius 2 is 2.00 bits per heavy atom. The number of hydrogen-bond acceptors (Lipinski definition) is 2. The number of rotatable bonds is 5. The highest BCUT2D eigenvalue weighted by atomic mass is 19.1. The average molecular weight is 252 g/mol. The van der Waals surface area contributed by atoms with Crippen LogP contribution in [-0.4, -0.2) is 23.8 Å². The molecule has 1 fully saturated rings. The molecule has 0 saturated heterocycles. The van der Waals surface area contributed by atoms with Crippen LogP contribution in [-0.2, 0) is 9.59 Å². The Morgan fingerprint density at radius 3 is 2.33 bits per heavy atom. The van der Waals surface area contributed by atoms with Crippen LogP contribution in [0.1, 0.15) is 19.8 Å². The van der Waals surface area contributed by atoms with Crippen molar-refractivity contribution in [2.24, 2.45) is 11.1 Å². The monoisotopic (exact) mass is 252 g/mol. The second kappa shape index (κ2) is 5.16. The van der Waals surface area contributed by atoms with E-state index in [9.17, 15) is 14.0 Å². The highest BCUT2D eigenvalue weighted by Crippen LogP contribution is 2.47. The molecule has 0 bridgehead atoms. The zero-order chi connectivity index (χ0) is 13.9. The Labute approximate surface area is 106 Å². The molecule has 98 valence electrons. The van der Waals surface area contributed by atoms with E-state index in [1.807, 2.05) is 0 Å². The number of carbonyl (C=O) groups is 2. The average Bonchev–Trinajstić information content (AvgIpc) is 3.14. The van der Waals surface area contributed by atoms with Crippen LogP contribution >= 0.6 is 0 Å². The van der Waals surface area contributed by atoms with Crippen molar-refractivity contribution in [1.82, 2.24) is 4.90 Å². The van der Waals surface area contributed by atoms with E-state index in [4.69, 9.17) is 5.73 Å². The molecule has 1 aliphatic carbocycles. The predicted octanol–water partition coefficient (Wildman–Crippen LogP) is 1.65. The van der Waals surface area contributed by atoms with Crippen LogP contribution in [0.4, 0.5) is 4.39 Å². The molecule has 0 aliphatic heterocycles. The van der Waals surface area contributed by atoms with Gasteiger partial charge in [-0.05, 0) is 31.9 Å². The fraction of sp³-hybridized carbons (Fsp3) is 0.385. The van der Waals surface area contributed by atoms with Crippen LogP contribution in [0.5, 0.6) is 0 Å². The molecule has 4 nitrogen and oxygen atoms in total. The summed E-state index contributed by atoms with van der Waals surface area (Å²) in [7, 11) is 1.42. The molecule has 1 saturated carbocycles. The summed E-state index contributed by atoms with van der Waals surface area (Å²) in [6.45, 7) is 4.99. The topological polar surface area (TPSA) is 63.4 Å². The Hall–Kier alpha value is -1.91. The van der Waals surface area contributed by atoms with Gasteiger partial charge in [0.1, 0.15) is 11.2 Å². The smallest absolute Gasteiger partial charge is 0.242 e. The molecule has 0 spiro atoms. The van der Waals surface area contributed by atoms with Gasteiger partial charge in [-0.25, -0.2) is 4.39 Å². The second-order valence-corrected chi connectivity index (χ2v) is 4.23. The largest absolute Gasteiger partial charge is 0.369 e. The molecule has 1 rings (SSSR count). The van der Waals surface area contributed by atoms with Crippen LogP contribution in [0.3, 0.4) is 0 Å². The molecule has 0 aromatic carbocycles. The lowest BCUT2D eigenvalue weighted by atomic mass is 10.0.